The number of carbonyl (C=O) groups is 2. The van der Waals surface area contributed by atoms with Crippen LogP contribution in [0.1, 0.15) is 37.4 Å². The van der Waals surface area contributed by atoms with Gasteiger partial charge in [-0.25, -0.2) is 0 Å². The van der Waals surface area contributed by atoms with E-state index in [1.54, 1.807) is 0 Å². The smallest absolute Gasteiger partial charge is 0.279 e. The van der Waals surface area contributed by atoms with Crippen molar-refractivity contribution >= 4 is 23.2 Å². The van der Waals surface area contributed by atoms with Crippen molar-refractivity contribution in [3.05, 3.63) is 45.5 Å². The lowest BCUT2D eigenvalue weighted by molar-refractivity contribution is 0.0848. The standard InChI is InChI=1S/C13H14N2O3S/c1-3-10-8(2)6-11(19-10)13(17)15-14-12(16)9-4-5-18-7-9/h4-7H,3H2,1-2H3,(H,14,16)(H,15,17). The Morgan fingerprint density at radius 3 is 2.63 bits per heavy atom. The molecule has 0 aliphatic heterocycles. The highest BCUT2D eigenvalue weighted by atomic mass is 32.1. The van der Waals surface area contributed by atoms with Crippen molar-refractivity contribution in [3.8, 4) is 0 Å². The first-order valence-corrected chi connectivity index (χ1v) is 6.65. The molecule has 0 atom stereocenters. The molecule has 19 heavy (non-hydrogen) atoms. The molecule has 0 unspecified atom stereocenters. The highest BCUT2D eigenvalue weighted by Crippen LogP contribution is 2.21. The van der Waals surface area contributed by atoms with Gasteiger partial charge in [0.1, 0.15) is 6.26 Å². The first kappa shape index (κ1) is 13.4. The predicted octanol–water partition coefficient (Wildman–Crippen LogP) is 2.29. The Kier molecular flexibility index (Phi) is 4.01. The molecule has 0 saturated carbocycles. The highest BCUT2D eigenvalue weighted by Gasteiger charge is 2.13. The molecule has 2 amide bonds. The summed E-state index contributed by atoms with van der Waals surface area (Å²) < 4.78 is 4.79. The van der Waals surface area contributed by atoms with Crippen LogP contribution in [0.2, 0.25) is 0 Å². The Bertz CT molecular complexity index is 587. The third-order valence-corrected chi connectivity index (χ3v) is 4.02. The van der Waals surface area contributed by atoms with Crippen LogP contribution in [0, 0.1) is 6.92 Å². The van der Waals surface area contributed by atoms with Crippen molar-refractivity contribution in [1.29, 1.82) is 0 Å². The molecule has 2 N–H and O–H groups in total. The van der Waals surface area contributed by atoms with E-state index in [2.05, 4.69) is 10.9 Å². The van der Waals surface area contributed by atoms with E-state index >= 15 is 0 Å². The summed E-state index contributed by atoms with van der Waals surface area (Å²) >= 11 is 1.43. The number of hydrogen-bond acceptors (Lipinski definition) is 4. The van der Waals surface area contributed by atoms with E-state index in [1.807, 2.05) is 19.9 Å². The van der Waals surface area contributed by atoms with E-state index in [9.17, 15) is 9.59 Å². The second-order valence-electron chi connectivity index (χ2n) is 3.99. The molecule has 0 aliphatic carbocycles. The molecule has 5 nitrogen and oxygen atoms in total. The Balaban J connectivity index is 1.96. The van der Waals surface area contributed by atoms with E-state index in [1.165, 1.54) is 34.8 Å². The summed E-state index contributed by atoms with van der Waals surface area (Å²) in [5.74, 6) is -0.726. The molecule has 6 heteroatoms. The topological polar surface area (TPSA) is 71.3 Å². The molecular weight excluding hydrogens is 264 g/mol. The maximum Gasteiger partial charge on any atom is 0.279 e. The molecule has 0 radical (unpaired) electrons. The quantitative estimate of drug-likeness (QED) is 0.846. The van der Waals surface area contributed by atoms with Gasteiger partial charge in [0.15, 0.2) is 0 Å². The average Bonchev–Trinajstić information content (AvgIpc) is 3.04. The minimum atomic E-state index is -0.411. The molecule has 2 heterocycles. The zero-order valence-corrected chi connectivity index (χ0v) is 11.5. The van der Waals surface area contributed by atoms with Crippen LogP contribution < -0.4 is 10.9 Å². The van der Waals surface area contributed by atoms with Gasteiger partial charge in [-0.2, -0.15) is 0 Å². The van der Waals surface area contributed by atoms with E-state index in [0.717, 1.165) is 12.0 Å². The first-order valence-electron chi connectivity index (χ1n) is 5.84. The van der Waals surface area contributed by atoms with Gasteiger partial charge < -0.3 is 4.42 Å². The molecule has 0 bridgehead atoms. The van der Waals surface area contributed by atoms with Crippen molar-refractivity contribution in [2.24, 2.45) is 0 Å². The van der Waals surface area contributed by atoms with Gasteiger partial charge in [-0.1, -0.05) is 6.92 Å². The zero-order chi connectivity index (χ0) is 13.8. The number of amides is 2. The molecule has 0 saturated heterocycles. The van der Waals surface area contributed by atoms with Crippen LogP contribution in [0.25, 0.3) is 0 Å². The van der Waals surface area contributed by atoms with E-state index in [-0.39, 0.29) is 5.91 Å². The Morgan fingerprint density at radius 1 is 1.32 bits per heavy atom. The Hall–Kier alpha value is -2.08. The fourth-order valence-electron chi connectivity index (χ4n) is 1.62. The SMILES string of the molecule is CCc1sc(C(=O)NNC(=O)c2ccoc2)cc1C. The second-order valence-corrected chi connectivity index (χ2v) is 5.13. The van der Waals surface area contributed by atoms with Crippen molar-refractivity contribution in [2.45, 2.75) is 20.3 Å². The summed E-state index contributed by atoms with van der Waals surface area (Å²) in [5, 5.41) is 0. The molecule has 2 rings (SSSR count). The van der Waals surface area contributed by atoms with Gasteiger partial charge in [-0.05, 0) is 31.0 Å². The number of hydrogen-bond donors (Lipinski definition) is 2. The lowest BCUT2D eigenvalue weighted by atomic mass is 10.2. The van der Waals surface area contributed by atoms with Crippen LogP contribution in [-0.2, 0) is 6.42 Å². The molecule has 0 fully saturated rings. The van der Waals surface area contributed by atoms with Crippen molar-refractivity contribution in [1.82, 2.24) is 10.9 Å². The summed E-state index contributed by atoms with van der Waals surface area (Å²) in [6.45, 7) is 4.01. The fourth-order valence-corrected chi connectivity index (χ4v) is 2.63. The van der Waals surface area contributed by atoms with Crippen molar-refractivity contribution < 1.29 is 14.0 Å². The monoisotopic (exact) mass is 278 g/mol. The number of nitrogens with one attached hydrogen (secondary N) is 2. The van der Waals surface area contributed by atoms with E-state index in [0.29, 0.717) is 10.4 Å². The van der Waals surface area contributed by atoms with E-state index < -0.39 is 5.91 Å². The molecule has 0 aromatic carbocycles. The third kappa shape index (κ3) is 3.03. The van der Waals surface area contributed by atoms with Crippen LogP contribution in [-0.4, -0.2) is 11.8 Å². The first-order chi connectivity index (χ1) is 9.11. The number of aryl methyl sites for hydroxylation is 2. The number of furan rings is 1. The second kappa shape index (κ2) is 5.71. The molecule has 2 aromatic heterocycles. The summed E-state index contributed by atoms with van der Waals surface area (Å²) in [5.41, 5.74) is 6.17. The van der Waals surface area contributed by atoms with Crippen LogP contribution in [0.15, 0.2) is 29.1 Å². The minimum absolute atomic E-state index is 0.315. The molecule has 0 aliphatic rings. The van der Waals surface area contributed by atoms with Gasteiger partial charge in [0.2, 0.25) is 0 Å². The van der Waals surface area contributed by atoms with Gasteiger partial charge in [0.25, 0.3) is 11.8 Å². The van der Waals surface area contributed by atoms with Crippen LogP contribution in [0.3, 0.4) is 0 Å². The molecule has 2 aromatic rings. The normalized spacial score (nSPS) is 10.2. The van der Waals surface area contributed by atoms with Gasteiger partial charge in [-0.3, -0.25) is 20.4 Å². The van der Waals surface area contributed by atoms with Gasteiger partial charge in [0, 0.05) is 4.88 Å². The van der Waals surface area contributed by atoms with Crippen molar-refractivity contribution in [2.75, 3.05) is 0 Å². The maximum atomic E-state index is 11.9. The van der Waals surface area contributed by atoms with Crippen LogP contribution >= 0.6 is 11.3 Å². The number of carbonyl (C=O) groups excluding carboxylic acids is 2. The largest absolute Gasteiger partial charge is 0.472 e. The number of hydrazine groups is 1. The molecule has 100 valence electrons. The third-order valence-electron chi connectivity index (χ3n) is 2.64. The predicted molar refractivity (Wildman–Crippen MR) is 72.1 cm³/mol. The average molecular weight is 278 g/mol. The summed E-state index contributed by atoms with van der Waals surface area (Å²) in [6, 6.07) is 3.34. The minimum Gasteiger partial charge on any atom is -0.472 e. The number of rotatable bonds is 3. The fraction of sp³-hybridized carbons (Fsp3) is 0.231. The Morgan fingerprint density at radius 2 is 2.05 bits per heavy atom. The van der Waals surface area contributed by atoms with Gasteiger partial charge in [0.05, 0.1) is 16.7 Å². The summed E-state index contributed by atoms with van der Waals surface area (Å²) in [7, 11) is 0. The van der Waals surface area contributed by atoms with E-state index in [4.69, 9.17) is 4.42 Å². The molecule has 0 spiro atoms. The van der Waals surface area contributed by atoms with Gasteiger partial charge in [-0.15, -0.1) is 11.3 Å². The van der Waals surface area contributed by atoms with Crippen LogP contribution in [0.4, 0.5) is 0 Å². The lowest BCUT2D eigenvalue weighted by Crippen LogP contribution is -2.41. The van der Waals surface area contributed by atoms with Crippen LogP contribution in [0.5, 0.6) is 0 Å². The highest BCUT2D eigenvalue weighted by molar-refractivity contribution is 7.14. The molecular formula is C13H14N2O3S. The summed E-state index contributed by atoms with van der Waals surface area (Å²) in [4.78, 5) is 25.2. The zero-order valence-electron chi connectivity index (χ0n) is 10.6. The number of thiophene rings is 1. The summed E-state index contributed by atoms with van der Waals surface area (Å²) in [6.07, 6.45) is 3.60. The Labute approximate surface area is 114 Å². The lowest BCUT2D eigenvalue weighted by Gasteiger charge is -2.04. The van der Waals surface area contributed by atoms with Gasteiger partial charge >= 0.3 is 0 Å². The maximum absolute atomic E-state index is 11.9. The van der Waals surface area contributed by atoms with Crippen molar-refractivity contribution in [3.63, 3.8) is 0 Å².